The molecule has 2 aromatic carbocycles. The monoisotopic (exact) mass is 474 g/mol. The number of hydrogen-bond acceptors (Lipinski definition) is 4. The summed E-state index contributed by atoms with van der Waals surface area (Å²) in [5.41, 5.74) is 0.705. The Bertz CT molecular complexity index is 984. The van der Waals surface area contributed by atoms with Gasteiger partial charge in [-0.1, -0.05) is 65.7 Å². The van der Waals surface area contributed by atoms with Gasteiger partial charge in [-0.15, -0.1) is 6.58 Å². The van der Waals surface area contributed by atoms with E-state index in [1.54, 1.807) is 45.0 Å². The third-order valence-corrected chi connectivity index (χ3v) is 6.04. The maximum absolute atomic E-state index is 13.6. The highest BCUT2D eigenvalue weighted by Gasteiger charge is 2.53. The molecule has 0 aliphatic carbocycles. The molecule has 3 rings (SSSR count). The molecule has 0 aromatic heterocycles. The van der Waals surface area contributed by atoms with Gasteiger partial charge in [0, 0.05) is 21.7 Å². The zero-order valence-corrected chi connectivity index (χ0v) is 20.2. The van der Waals surface area contributed by atoms with Crippen LogP contribution in [-0.4, -0.2) is 33.4 Å². The van der Waals surface area contributed by atoms with E-state index in [1.165, 1.54) is 0 Å². The quantitative estimate of drug-likeness (QED) is 0.448. The zero-order valence-electron chi connectivity index (χ0n) is 18.7. The molecule has 1 aliphatic heterocycles. The van der Waals surface area contributed by atoms with Gasteiger partial charge < -0.3 is 4.74 Å². The molecule has 1 aliphatic rings. The van der Waals surface area contributed by atoms with E-state index < -0.39 is 23.9 Å². The topological polar surface area (TPSA) is 49.9 Å². The average molecular weight is 475 g/mol. The van der Waals surface area contributed by atoms with E-state index in [1.807, 2.05) is 42.2 Å². The average Bonchev–Trinajstić information content (AvgIpc) is 2.99. The van der Waals surface area contributed by atoms with E-state index in [-0.39, 0.29) is 11.9 Å². The zero-order chi connectivity index (χ0) is 23.6. The summed E-state index contributed by atoms with van der Waals surface area (Å²) in [6, 6.07) is 14.1. The number of rotatable bonds is 5. The molecule has 1 heterocycles. The molecular formula is C25H28Cl2N2O3. The highest BCUT2D eigenvalue weighted by atomic mass is 35.5. The first-order valence-electron chi connectivity index (χ1n) is 10.5. The van der Waals surface area contributed by atoms with Crippen molar-refractivity contribution in [1.29, 1.82) is 0 Å². The number of ether oxygens (including phenoxy) is 1. The first-order chi connectivity index (χ1) is 15.1. The molecule has 32 heavy (non-hydrogen) atoms. The molecule has 1 saturated heterocycles. The highest BCUT2D eigenvalue weighted by molar-refractivity contribution is 6.36. The van der Waals surface area contributed by atoms with Gasteiger partial charge in [-0.05, 0) is 51.8 Å². The first-order valence-corrected chi connectivity index (χ1v) is 11.3. The van der Waals surface area contributed by atoms with E-state index >= 15 is 0 Å². The van der Waals surface area contributed by atoms with Gasteiger partial charge in [0.05, 0.1) is 6.04 Å². The lowest BCUT2D eigenvalue weighted by atomic mass is 10.0. The number of halogens is 2. The predicted molar refractivity (Wildman–Crippen MR) is 128 cm³/mol. The van der Waals surface area contributed by atoms with Crippen molar-refractivity contribution < 1.29 is 14.3 Å². The van der Waals surface area contributed by atoms with Crippen molar-refractivity contribution in [3.63, 3.8) is 0 Å². The molecule has 0 bridgehead atoms. The third-order valence-electron chi connectivity index (χ3n) is 5.38. The van der Waals surface area contributed by atoms with E-state index in [4.69, 9.17) is 27.9 Å². The smallest absolute Gasteiger partial charge is 0.418 e. The molecule has 7 heteroatoms. The summed E-state index contributed by atoms with van der Waals surface area (Å²) in [5.74, 6) is -0.372. The maximum atomic E-state index is 13.6. The Morgan fingerprint density at radius 2 is 1.72 bits per heavy atom. The van der Waals surface area contributed by atoms with Gasteiger partial charge in [-0.3, -0.25) is 9.69 Å². The summed E-state index contributed by atoms with van der Waals surface area (Å²) < 4.78 is 5.61. The summed E-state index contributed by atoms with van der Waals surface area (Å²) in [6.07, 6.45) is 0.462. The van der Waals surface area contributed by atoms with Gasteiger partial charge in [0.1, 0.15) is 11.8 Å². The van der Waals surface area contributed by atoms with Crippen molar-refractivity contribution >= 4 is 35.2 Å². The van der Waals surface area contributed by atoms with Crippen molar-refractivity contribution in [3.05, 3.63) is 82.4 Å². The summed E-state index contributed by atoms with van der Waals surface area (Å²) in [5, 5.41) is 0.738. The van der Waals surface area contributed by atoms with Crippen LogP contribution in [0, 0.1) is 0 Å². The van der Waals surface area contributed by atoms with E-state index in [2.05, 4.69) is 6.58 Å². The highest BCUT2D eigenvalue weighted by Crippen LogP contribution is 2.46. The minimum atomic E-state index is -0.835. The fourth-order valence-corrected chi connectivity index (χ4v) is 4.61. The Hall–Kier alpha value is -2.34. The Balaban J connectivity index is 2.21. The fraction of sp³-hybridized carbons (Fsp3) is 0.360. The summed E-state index contributed by atoms with van der Waals surface area (Å²) in [6.45, 7) is 11.1. The van der Waals surface area contributed by atoms with Crippen molar-refractivity contribution in [3.8, 4) is 0 Å². The van der Waals surface area contributed by atoms with Crippen LogP contribution in [0.4, 0.5) is 4.79 Å². The molecule has 0 radical (unpaired) electrons. The van der Waals surface area contributed by atoms with Crippen LogP contribution in [0.3, 0.4) is 0 Å². The first kappa shape index (κ1) is 24.3. The van der Waals surface area contributed by atoms with Crippen molar-refractivity contribution in [2.45, 2.75) is 58.0 Å². The standard InChI is InChI=1S/C25H28Cl2N2O3/c1-6-11-20-23(30)29(24(31)32-25(3,4)5)22(21-18(26)14-10-15-19(21)27)28(20)16(2)17-12-8-7-9-13-17/h6-10,12-16,20,22H,1,11H2,2-5H3/t16-,20+,22-/m1/s1. The molecule has 3 atom stereocenters. The largest absolute Gasteiger partial charge is 0.443 e. The molecule has 0 saturated carbocycles. The van der Waals surface area contributed by atoms with Gasteiger partial charge >= 0.3 is 6.09 Å². The lowest BCUT2D eigenvalue weighted by Gasteiger charge is -2.36. The number of imide groups is 1. The number of amides is 2. The Labute approximate surface area is 199 Å². The number of carbonyl (C=O) groups excluding carboxylic acids is 2. The SMILES string of the molecule is C=CC[C@H]1C(=O)N(C(=O)OC(C)(C)C)[C@H](c2c(Cl)cccc2Cl)N1[C@H](C)c1ccccc1. The third kappa shape index (κ3) is 4.85. The second-order valence-electron chi connectivity index (χ2n) is 8.77. The van der Waals surface area contributed by atoms with Crippen LogP contribution in [0.15, 0.2) is 61.2 Å². The van der Waals surface area contributed by atoms with Gasteiger partial charge in [0.2, 0.25) is 0 Å². The van der Waals surface area contributed by atoms with Gasteiger partial charge in [-0.25, -0.2) is 9.69 Å². The van der Waals surface area contributed by atoms with E-state index in [9.17, 15) is 9.59 Å². The minimum absolute atomic E-state index is 0.227. The molecule has 2 aromatic rings. The number of benzene rings is 2. The van der Waals surface area contributed by atoms with Crippen LogP contribution in [0.1, 0.15) is 57.5 Å². The second-order valence-corrected chi connectivity index (χ2v) is 9.59. The van der Waals surface area contributed by atoms with Crippen LogP contribution < -0.4 is 0 Å². The van der Waals surface area contributed by atoms with Crippen molar-refractivity contribution in [2.24, 2.45) is 0 Å². The van der Waals surface area contributed by atoms with Crippen molar-refractivity contribution in [1.82, 2.24) is 9.80 Å². The number of hydrogen-bond donors (Lipinski definition) is 0. The normalized spacial score (nSPS) is 20.3. The summed E-state index contributed by atoms with van der Waals surface area (Å²) in [7, 11) is 0. The molecule has 5 nitrogen and oxygen atoms in total. The van der Waals surface area contributed by atoms with Crippen molar-refractivity contribution in [2.75, 3.05) is 0 Å². The van der Waals surface area contributed by atoms with Gasteiger partial charge in [-0.2, -0.15) is 0 Å². The van der Waals surface area contributed by atoms with Crippen LogP contribution in [0.5, 0.6) is 0 Å². The van der Waals surface area contributed by atoms with Crippen LogP contribution in [0.25, 0.3) is 0 Å². The molecule has 170 valence electrons. The molecular weight excluding hydrogens is 447 g/mol. The molecule has 0 unspecified atom stereocenters. The minimum Gasteiger partial charge on any atom is -0.443 e. The summed E-state index contributed by atoms with van der Waals surface area (Å²) >= 11 is 13.2. The van der Waals surface area contributed by atoms with Crippen LogP contribution >= 0.6 is 23.2 Å². The Morgan fingerprint density at radius 3 is 2.25 bits per heavy atom. The van der Waals surface area contributed by atoms with E-state index in [0.29, 0.717) is 22.0 Å². The summed E-state index contributed by atoms with van der Waals surface area (Å²) in [4.78, 5) is 30.0. The van der Waals surface area contributed by atoms with Crippen LogP contribution in [0.2, 0.25) is 10.0 Å². The van der Waals surface area contributed by atoms with Gasteiger partial charge in [0.25, 0.3) is 5.91 Å². The number of carbonyl (C=O) groups is 2. The lowest BCUT2D eigenvalue weighted by molar-refractivity contribution is -0.129. The maximum Gasteiger partial charge on any atom is 0.418 e. The molecule has 0 N–H and O–H groups in total. The Kier molecular flexibility index (Phi) is 7.33. The second kappa shape index (κ2) is 9.65. The number of nitrogens with zero attached hydrogens (tertiary/aromatic N) is 2. The van der Waals surface area contributed by atoms with Gasteiger partial charge in [0.15, 0.2) is 0 Å². The van der Waals surface area contributed by atoms with Crippen LogP contribution in [-0.2, 0) is 9.53 Å². The molecule has 2 amide bonds. The Morgan fingerprint density at radius 1 is 1.12 bits per heavy atom. The predicted octanol–water partition coefficient (Wildman–Crippen LogP) is 6.78. The molecule has 1 fully saturated rings. The molecule has 0 spiro atoms. The lowest BCUT2D eigenvalue weighted by Crippen LogP contribution is -2.41. The fourth-order valence-electron chi connectivity index (χ4n) is 4.01. The van der Waals surface area contributed by atoms with E-state index in [0.717, 1.165) is 10.5 Å².